The van der Waals surface area contributed by atoms with Gasteiger partial charge in [-0.3, -0.25) is 4.79 Å². The van der Waals surface area contributed by atoms with E-state index in [1.54, 1.807) is 12.4 Å². The standard InChI is InChI=1S/C25H24N4O3/c1-29-9-7-20(8-10-29)32-21-4-2-3-17(11-21)23(30)13-25-27-14-19-6-5-18(12-22(19)28-25)24-15-26-16-31-24/h2-6,11-12,14-16,20H,7-10,13H2,1H3. The molecule has 7 heteroatoms. The highest BCUT2D eigenvalue weighted by Crippen LogP contribution is 2.24. The number of ether oxygens (including phenoxy) is 1. The van der Waals surface area contributed by atoms with E-state index in [-0.39, 0.29) is 18.3 Å². The number of oxazole rings is 1. The highest BCUT2D eigenvalue weighted by atomic mass is 16.5. The predicted molar refractivity (Wildman–Crippen MR) is 121 cm³/mol. The number of ketones is 1. The van der Waals surface area contributed by atoms with Crippen LogP contribution in [-0.2, 0) is 6.42 Å². The monoisotopic (exact) mass is 428 g/mol. The lowest BCUT2D eigenvalue weighted by Crippen LogP contribution is -2.35. The molecule has 0 bridgehead atoms. The van der Waals surface area contributed by atoms with Crippen LogP contribution in [0.3, 0.4) is 0 Å². The van der Waals surface area contributed by atoms with Crippen LogP contribution < -0.4 is 4.74 Å². The summed E-state index contributed by atoms with van der Waals surface area (Å²) >= 11 is 0. The van der Waals surface area contributed by atoms with Gasteiger partial charge in [-0.2, -0.15) is 0 Å². The van der Waals surface area contributed by atoms with Crippen LogP contribution in [0.2, 0.25) is 0 Å². The van der Waals surface area contributed by atoms with Crippen LogP contribution in [0.1, 0.15) is 29.0 Å². The summed E-state index contributed by atoms with van der Waals surface area (Å²) in [6, 6.07) is 13.2. The predicted octanol–water partition coefficient (Wildman–Crippen LogP) is 4.18. The van der Waals surface area contributed by atoms with Gasteiger partial charge in [-0.05, 0) is 38.1 Å². The van der Waals surface area contributed by atoms with Gasteiger partial charge < -0.3 is 14.1 Å². The molecule has 5 rings (SSSR count). The van der Waals surface area contributed by atoms with Crippen molar-refractivity contribution in [3.05, 3.63) is 72.6 Å². The molecule has 2 aromatic carbocycles. The smallest absolute Gasteiger partial charge is 0.181 e. The highest BCUT2D eigenvalue weighted by molar-refractivity contribution is 5.97. The molecule has 32 heavy (non-hydrogen) atoms. The van der Waals surface area contributed by atoms with E-state index in [0.717, 1.165) is 48.1 Å². The Morgan fingerprint density at radius 2 is 2.03 bits per heavy atom. The molecule has 2 aromatic heterocycles. The second-order valence-electron chi connectivity index (χ2n) is 8.17. The molecule has 0 aliphatic carbocycles. The first-order valence-electron chi connectivity index (χ1n) is 10.8. The van der Waals surface area contributed by atoms with Crippen molar-refractivity contribution in [2.75, 3.05) is 20.1 Å². The minimum absolute atomic E-state index is 0.0374. The van der Waals surface area contributed by atoms with Gasteiger partial charge in [0.15, 0.2) is 17.9 Å². The van der Waals surface area contributed by atoms with Crippen molar-refractivity contribution >= 4 is 16.7 Å². The van der Waals surface area contributed by atoms with E-state index in [0.29, 0.717) is 17.1 Å². The fourth-order valence-electron chi connectivity index (χ4n) is 3.94. The summed E-state index contributed by atoms with van der Waals surface area (Å²) in [5.41, 5.74) is 2.25. The molecule has 0 radical (unpaired) electrons. The number of carbonyl (C=O) groups is 1. The summed E-state index contributed by atoms with van der Waals surface area (Å²) in [7, 11) is 2.12. The minimum atomic E-state index is -0.0374. The molecule has 0 N–H and O–H groups in total. The molecule has 0 saturated carbocycles. The van der Waals surface area contributed by atoms with Crippen molar-refractivity contribution in [1.29, 1.82) is 0 Å². The molecule has 0 unspecified atom stereocenters. The zero-order chi connectivity index (χ0) is 21.9. The first-order valence-corrected chi connectivity index (χ1v) is 10.8. The number of fused-ring (bicyclic) bond motifs is 1. The van der Waals surface area contributed by atoms with Crippen LogP contribution in [0.25, 0.3) is 22.2 Å². The molecule has 7 nitrogen and oxygen atoms in total. The van der Waals surface area contributed by atoms with Crippen LogP contribution in [0, 0.1) is 0 Å². The summed E-state index contributed by atoms with van der Waals surface area (Å²) in [5, 5.41) is 0.901. The van der Waals surface area contributed by atoms with Crippen LogP contribution in [0.15, 0.2) is 65.7 Å². The molecule has 162 valence electrons. The summed E-state index contributed by atoms with van der Waals surface area (Å²) in [6.07, 6.45) is 7.11. The molecule has 3 heterocycles. The van der Waals surface area contributed by atoms with E-state index < -0.39 is 0 Å². The zero-order valence-corrected chi connectivity index (χ0v) is 17.9. The van der Waals surface area contributed by atoms with E-state index in [1.165, 1.54) is 6.39 Å². The number of piperidine rings is 1. The maximum absolute atomic E-state index is 12.9. The Morgan fingerprint density at radius 1 is 1.16 bits per heavy atom. The molecular formula is C25H24N4O3. The van der Waals surface area contributed by atoms with Crippen molar-refractivity contribution in [3.63, 3.8) is 0 Å². The van der Waals surface area contributed by atoms with E-state index in [2.05, 4.69) is 26.9 Å². The molecule has 1 fully saturated rings. The number of Topliss-reactive ketones (excluding diaryl/α,β-unsaturated/α-hetero) is 1. The minimum Gasteiger partial charge on any atom is -0.490 e. The van der Waals surface area contributed by atoms with Gasteiger partial charge in [0.1, 0.15) is 17.7 Å². The van der Waals surface area contributed by atoms with Crippen LogP contribution in [-0.4, -0.2) is 51.9 Å². The van der Waals surface area contributed by atoms with Gasteiger partial charge in [-0.15, -0.1) is 0 Å². The molecule has 1 aliphatic heterocycles. The fraction of sp³-hybridized carbons (Fsp3) is 0.280. The Labute approximate surface area is 186 Å². The number of benzene rings is 2. The Morgan fingerprint density at radius 3 is 2.84 bits per heavy atom. The average Bonchev–Trinajstić information content (AvgIpc) is 3.35. The second kappa shape index (κ2) is 8.88. The second-order valence-corrected chi connectivity index (χ2v) is 8.17. The van der Waals surface area contributed by atoms with E-state index in [4.69, 9.17) is 9.15 Å². The Balaban J connectivity index is 1.31. The third-order valence-corrected chi connectivity index (χ3v) is 5.79. The maximum atomic E-state index is 12.9. The summed E-state index contributed by atoms with van der Waals surface area (Å²) < 4.78 is 11.5. The molecule has 1 saturated heterocycles. The number of hydrogen-bond donors (Lipinski definition) is 0. The van der Waals surface area contributed by atoms with Crippen molar-refractivity contribution < 1.29 is 13.9 Å². The molecule has 0 amide bonds. The van der Waals surface area contributed by atoms with Gasteiger partial charge in [0, 0.05) is 35.8 Å². The van der Waals surface area contributed by atoms with E-state index in [1.807, 2.05) is 42.5 Å². The lowest BCUT2D eigenvalue weighted by atomic mass is 10.1. The maximum Gasteiger partial charge on any atom is 0.181 e. The summed E-state index contributed by atoms with van der Waals surface area (Å²) in [4.78, 5) is 28.2. The van der Waals surface area contributed by atoms with Crippen molar-refractivity contribution in [3.8, 4) is 17.1 Å². The third-order valence-electron chi connectivity index (χ3n) is 5.79. The highest BCUT2D eigenvalue weighted by Gasteiger charge is 2.19. The quantitative estimate of drug-likeness (QED) is 0.426. The van der Waals surface area contributed by atoms with E-state index >= 15 is 0 Å². The van der Waals surface area contributed by atoms with Crippen LogP contribution in [0.5, 0.6) is 5.75 Å². The number of likely N-dealkylation sites (tertiary alicyclic amines) is 1. The lowest BCUT2D eigenvalue weighted by Gasteiger charge is -2.29. The Hall–Kier alpha value is -3.58. The summed E-state index contributed by atoms with van der Waals surface area (Å²) in [6.45, 7) is 2.06. The van der Waals surface area contributed by atoms with Crippen LogP contribution >= 0.6 is 0 Å². The van der Waals surface area contributed by atoms with Gasteiger partial charge in [-0.1, -0.05) is 24.3 Å². The van der Waals surface area contributed by atoms with E-state index in [9.17, 15) is 4.79 Å². The van der Waals surface area contributed by atoms with Crippen molar-refractivity contribution in [2.24, 2.45) is 0 Å². The fourth-order valence-corrected chi connectivity index (χ4v) is 3.94. The van der Waals surface area contributed by atoms with Gasteiger partial charge >= 0.3 is 0 Å². The third kappa shape index (κ3) is 4.53. The first-order chi connectivity index (χ1) is 15.6. The van der Waals surface area contributed by atoms with Gasteiger partial charge in [-0.25, -0.2) is 15.0 Å². The van der Waals surface area contributed by atoms with Gasteiger partial charge in [0.2, 0.25) is 0 Å². The zero-order valence-electron chi connectivity index (χ0n) is 17.9. The normalized spacial score (nSPS) is 15.2. The largest absolute Gasteiger partial charge is 0.490 e. The molecule has 1 aliphatic rings. The SMILES string of the molecule is CN1CCC(Oc2cccc(C(=O)Cc3ncc4ccc(-c5cnco5)cc4n3)c2)CC1. The Kier molecular flexibility index (Phi) is 5.64. The Bertz CT molecular complexity index is 1230. The molecule has 0 spiro atoms. The number of carbonyl (C=O) groups excluding carboxylic acids is 1. The lowest BCUT2D eigenvalue weighted by molar-refractivity contribution is 0.0987. The summed E-state index contributed by atoms with van der Waals surface area (Å²) in [5.74, 6) is 1.86. The molecule has 0 atom stereocenters. The number of hydrogen-bond acceptors (Lipinski definition) is 7. The van der Waals surface area contributed by atoms with Crippen molar-refractivity contribution in [1.82, 2.24) is 19.9 Å². The molecule has 4 aromatic rings. The van der Waals surface area contributed by atoms with Gasteiger partial charge in [0.05, 0.1) is 18.1 Å². The van der Waals surface area contributed by atoms with Crippen LogP contribution in [0.4, 0.5) is 0 Å². The topological polar surface area (TPSA) is 81.4 Å². The van der Waals surface area contributed by atoms with Gasteiger partial charge in [0.25, 0.3) is 0 Å². The first kappa shape index (κ1) is 20.3. The molecular weight excluding hydrogens is 404 g/mol. The number of rotatable bonds is 6. The van der Waals surface area contributed by atoms with Crippen molar-refractivity contribution in [2.45, 2.75) is 25.4 Å². The average molecular weight is 428 g/mol. The number of aromatic nitrogens is 3. The number of nitrogens with zero attached hydrogens (tertiary/aromatic N) is 4.